The van der Waals surface area contributed by atoms with Crippen molar-refractivity contribution in [3.63, 3.8) is 0 Å². The lowest BCUT2D eigenvalue weighted by molar-refractivity contribution is 0.0977. The Kier molecular flexibility index (Phi) is 7.23. The Morgan fingerprint density at radius 1 is 1.06 bits per heavy atom. The number of hydrogen-bond acceptors (Lipinski definition) is 5. The van der Waals surface area contributed by atoms with Crippen LogP contribution in [0.4, 0.5) is 5.69 Å². The molecule has 3 aromatic carbocycles. The number of nitrogens with one attached hydrogen (secondary N) is 2. The van der Waals surface area contributed by atoms with E-state index in [0.29, 0.717) is 30.4 Å². The van der Waals surface area contributed by atoms with Crippen molar-refractivity contribution in [2.75, 3.05) is 11.9 Å². The molecule has 2 N–H and O–H groups in total. The fraction of sp³-hybridized carbons (Fsp3) is 0.222. The molecular formula is C27H27N3O3S. The molecule has 0 aliphatic carbocycles. The molecule has 0 atom stereocenters. The summed E-state index contributed by atoms with van der Waals surface area (Å²) in [6.07, 6.45) is 0.588. The molecule has 4 rings (SSSR count). The lowest BCUT2D eigenvalue weighted by Gasteiger charge is -2.10. The minimum atomic E-state index is -0.284. The molecule has 0 unspecified atom stereocenters. The largest absolute Gasteiger partial charge is 0.494 e. The first-order valence-corrected chi connectivity index (χ1v) is 11.7. The highest BCUT2D eigenvalue weighted by atomic mass is 32.1. The van der Waals surface area contributed by atoms with Crippen LogP contribution in [-0.2, 0) is 6.42 Å². The Balaban J connectivity index is 1.33. The predicted octanol–water partition coefficient (Wildman–Crippen LogP) is 6.07. The number of carbonyl (C=O) groups is 1. The minimum absolute atomic E-state index is 0.228. The van der Waals surface area contributed by atoms with Crippen LogP contribution in [0.5, 0.6) is 5.75 Å². The first-order valence-electron chi connectivity index (χ1n) is 11.2. The summed E-state index contributed by atoms with van der Waals surface area (Å²) in [5.74, 6) is 1.56. The van der Waals surface area contributed by atoms with Gasteiger partial charge in [-0.15, -0.1) is 0 Å². The number of anilines is 1. The van der Waals surface area contributed by atoms with Gasteiger partial charge < -0.3 is 14.5 Å². The van der Waals surface area contributed by atoms with Crippen LogP contribution in [-0.4, -0.2) is 22.6 Å². The molecule has 7 heteroatoms. The van der Waals surface area contributed by atoms with E-state index in [1.807, 2.05) is 37.3 Å². The third-order valence-corrected chi connectivity index (χ3v) is 5.55. The van der Waals surface area contributed by atoms with Gasteiger partial charge >= 0.3 is 0 Å². The van der Waals surface area contributed by atoms with Crippen LogP contribution < -0.4 is 15.4 Å². The maximum atomic E-state index is 12.4. The third kappa shape index (κ3) is 5.80. The number of oxazole rings is 1. The summed E-state index contributed by atoms with van der Waals surface area (Å²) >= 11 is 5.29. The molecule has 0 saturated heterocycles. The number of fused-ring (bicyclic) bond motifs is 1. The lowest BCUT2D eigenvalue weighted by Crippen LogP contribution is -2.34. The smallest absolute Gasteiger partial charge is 0.257 e. The minimum Gasteiger partial charge on any atom is -0.494 e. The summed E-state index contributed by atoms with van der Waals surface area (Å²) in [7, 11) is 0. The van der Waals surface area contributed by atoms with Crippen LogP contribution in [0.15, 0.2) is 71.1 Å². The first kappa shape index (κ1) is 23.4. The van der Waals surface area contributed by atoms with E-state index in [1.165, 1.54) is 5.56 Å². The topological polar surface area (TPSA) is 76.4 Å². The Morgan fingerprint density at radius 3 is 2.47 bits per heavy atom. The van der Waals surface area contributed by atoms with Crippen molar-refractivity contribution in [3.05, 3.63) is 89.3 Å². The third-order valence-electron chi connectivity index (χ3n) is 5.34. The molecule has 1 heterocycles. The van der Waals surface area contributed by atoms with Crippen LogP contribution in [0.1, 0.15) is 54.1 Å². The summed E-state index contributed by atoms with van der Waals surface area (Å²) in [4.78, 5) is 17.0. The highest BCUT2D eigenvalue weighted by molar-refractivity contribution is 7.80. The summed E-state index contributed by atoms with van der Waals surface area (Å²) in [6.45, 7) is 6.81. The Labute approximate surface area is 204 Å². The number of carbonyl (C=O) groups excluding carboxylic acids is 1. The normalized spacial score (nSPS) is 10.9. The summed E-state index contributed by atoms with van der Waals surface area (Å²) in [5.41, 5.74) is 5.26. The number of thiocarbonyl (C=S) groups is 1. The first-order chi connectivity index (χ1) is 16.4. The van der Waals surface area contributed by atoms with Gasteiger partial charge in [0.25, 0.3) is 5.91 Å². The fourth-order valence-corrected chi connectivity index (χ4v) is 3.72. The van der Waals surface area contributed by atoms with Crippen molar-refractivity contribution in [2.24, 2.45) is 0 Å². The molecule has 0 bridgehead atoms. The molecule has 0 spiro atoms. The van der Waals surface area contributed by atoms with Crippen LogP contribution in [0, 0.1) is 0 Å². The van der Waals surface area contributed by atoms with Gasteiger partial charge in [-0.1, -0.05) is 32.0 Å². The Morgan fingerprint density at radius 2 is 1.79 bits per heavy atom. The molecule has 34 heavy (non-hydrogen) atoms. The van der Waals surface area contributed by atoms with E-state index in [1.54, 1.807) is 24.3 Å². The predicted molar refractivity (Wildman–Crippen MR) is 139 cm³/mol. The van der Waals surface area contributed by atoms with E-state index in [4.69, 9.17) is 21.4 Å². The number of nitrogens with zero attached hydrogens (tertiary/aromatic N) is 1. The molecule has 1 aromatic heterocycles. The zero-order chi connectivity index (χ0) is 24.1. The average Bonchev–Trinajstić information content (AvgIpc) is 3.22. The number of ether oxygens (including phenoxy) is 1. The maximum absolute atomic E-state index is 12.4. The van der Waals surface area contributed by atoms with E-state index in [9.17, 15) is 4.79 Å². The van der Waals surface area contributed by atoms with Gasteiger partial charge in [0.05, 0.1) is 6.61 Å². The van der Waals surface area contributed by atoms with Crippen LogP contribution >= 0.6 is 12.2 Å². The summed E-state index contributed by atoms with van der Waals surface area (Å²) in [6, 6.07) is 20.8. The quantitative estimate of drug-likeness (QED) is 0.317. The molecule has 0 radical (unpaired) electrons. The highest BCUT2D eigenvalue weighted by Crippen LogP contribution is 2.23. The van der Waals surface area contributed by atoms with Crippen molar-refractivity contribution >= 4 is 40.0 Å². The standard InChI is InChI=1S/C27H27N3O3S/c1-4-32-22-12-7-19(8-13-22)26(31)30-27(34)28-21-10-5-18(6-11-21)15-25-29-23-16-20(17(2)3)9-14-24(23)33-25/h5-14,16-17H,4,15H2,1-3H3,(H2,28,30,31,34). The van der Waals surface area contributed by atoms with Crippen LogP contribution in [0.3, 0.4) is 0 Å². The van der Waals surface area contributed by atoms with Gasteiger partial charge in [0.2, 0.25) is 0 Å². The zero-order valence-corrected chi connectivity index (χ0v) is 20.2. The molecular weight excluding hydrogens is 446 g/mol. The van der Waals surface area contributed by atoms with E-state index < -0.39 is 0 Å². The number of amides is 1. The summed E-state index contributed by atoms with van der Waals surface area (Å²) < 4.78 is 11.3. The van der Waals surface area contributed by atoms with Gasteiger partial charge in [-0.2, -0.15) is 0 Å². The van der Waals surface area contributed by atoms with E-state index in [0.717, 1.165) is 28.1 Å². The fourth-order valence-electron chi connectivity index (χ4n) is 3.51. The molecule has 0 aliphatic heterocycles. The van der Waals surface area contributed by atoms with E-state index in [-0.39, 0.29) is 11.0 Å². The second-order valence-corrected chi connectivity index (χ2v) is 8.64. The number of benzene rings is 3. The van der Waals surface area contributed by atoms with Gasteiger partial charge in [0.1, 0.15) is 11.3 Å². The molecule has 0 fully saturated rings. The molecule has 174 valence electrons. The zero-order valence-electron chi connectivity index (χ0n) is 19.4. The molecule has 0 saturated carbocycles. The van der Waals surface area contributed by atoms with Gasteiger partial charge in [0, 0.05) is 17.7 Å². The summed E-state index contributed by atoms with van der Waals surface area (Å²) in [5, 5.41) is 5.96. The van der Waals surface area contributed by atoms with Gasteiger partial charge in [0.15, 0.2) is 16.6 Å². The molecule has 1 amide bonds. The number of aromatic nitrogens is 1. The van der Waals surface area contributed by atoms with Crippen LogP contribution in [0.25, 0.3) is 11.1 Å². The molecule has 6 nitrogen and oxygen atoms in total. The Hall–Kier alpha value is -3.71. The highest BCUT2D eigenvalue weighted by Gasteiger charge is 2.11. The average molecular weight is 474 g/mol. The second kappa shape index (κ2) is 10.5. The molecule has 0 aliphatic rings. The number of hydrogen-bond donors (Lipinski definition) is 2. The van der Waals surface area contributed by atoms with Crippen molar-refractivity contribution in [3.8, 4) is 5.75 Å². The van der Waals surface area contributed by atoms with Crippen molar-refractivity contribution in [1.29, 1.82) is 0 Å². The SMILES string of the molecule is CCOc1ccc(C(=O)NC(=S)Nc2ccc(Cc3nc4cc(C(C)C)ccc4o3)cc2)cc1. The van der Waals surface area contributed by atoms with Gasteiger partial charge in [-0.25, -0.2) is 4.98 Å². The van der Waals surface area contributed by atoms with Crippen molar-refractivity contribution in [2.45, 2.75) is 33.1 Å². The molecule has 4 aromatic rings. The number of rotatable bonds is 7. The Bertz CT molecular complexity index is 1300. The van der Waals surface area contributed by atoms with Gasteiger partial charge in [-0.05, 0) is 84.7 Å². The van der Waals surface area contributed by atoms with Crippen LogP contribution in [0.2, 0.25) is 0 Å². The maximum Gasteiger partial charge on any atom is 0.257 e. The van der Waals surface area contributed by atoms with Gasteiger partial charge in [-0.3, -0.25) is 10.1 Å². The van der Waals surface area contributed by atoms with E-state index >= 15 is 0 Å². The van der Waals surface area contributed by atoms with E-state index in [2.05, 4.69) is 41.6 Å². The second-order valence-electron chi connectivity index (χ2n) is 8.23. The van der Waals surface area contributed by atoms with Crippen molar-refractivity contribution in [1.82, 2.24) is 10.3 Å². The lowest BCUT2D eigenvalue weighted by atomic mass is 10.0. The monoisotopic (exact) mass is 473 g/mol. The van der Waals surface area contributed by atoms with Crippen molar-refractivity contribution < 1.29 is 13.9 Å².